The zero-order valence-corrected chi connectivity index (χ0v) is 17.2. The second kappa shape index (κ2) is 8.13. The third-order valence-electron chi connectivity index (χ3n) is 7.15. The average Bonchev–Trinajstić information content (AvgIpc) is 3.25. The van der Waals surface area contributed by atoms with E-state index < -0.39 is 11.6 Å². The summed E-state index contributed by atoms with van der Waals surface area (Å²) in [5.74, 6) is -0.0913. The maximum atomic E-state index is 13.5. The van der Waals surface area contributed by atoms with Crippen LogP contribution in [0.3, 0.4) is 0 Å². The van der Waals surface area contributed by atoms with Crippen LogP contribution in [-0.2, 0) is 15.1 Å². The summed E-state index contributed by atoms with van der Waals surface area (Å²) in [5, 5.41) is 11.7. The van der Waals surface area contributed by atoms with Crippen LogP contribution < -0.4 is 0 Å². The Morgan fingerprint density at radius 2 is 1.79 bits per heavy atom. The van der Waals surface area contributed by atoms with E-state index in [0.29, 0.717) is 11.5 Å². The van der Waals surface area contributed by atoms with Crippen LogP contribution in [0.25, 0.3) is 0 Å². The standard InChI is InChI=1S/C23H34N2O3/c1-24(2)16-20-21(17-12-14-25(20)15-13-17)28-22(26)23(27,19-10-6-7-11-19)18-8-4-3-5-9-18/h3-5,8-9,17,19-21,27H,6-7,10-16H2,1-2H3/t20-,21+,23-/m1/s1. The van der Waals surface area contributed by atoms with E-state index in [1.54, 1.807) is 0 Å². The molecule has 0 aromatic heterocycles. The Morgan fingerprint density at radius 3 is 2.39 bits per heavy atom. The summed E-state index contributed by atoms with van der Waals surface area (Å²) in [6.45, 7) is 3.05. The van der Waals surface area contributed by atoms with Crippen molar-refractivity contribution in [3.63, 3.8) is 0 Å². The molecule has 3 saturated heterocycles. The number of esters is 1. The number of rotatable bonds is 6. The Balaban J connectivity index is 1.60. The highest BCUT2D eigenvalue weighted by molar-refractivity contribution is 5.82. The third-order valence-corrected chi connectivity index (χ3v) is 7.15. The van der Waals surface area contributed by atoms with Crippen LogP contribution in [-0.4, -0.2) is 66.8 Å². The van der Waals surface area contributed by atoms with Crippen LogP contribution in [0.15, 0.2) is 30.3 Å². The summed E-state index contributed by atoms with van der Waals surface area (Å²) in [5.41, 5.74) is -0.857. The van der Waals surface area contributed by atoms with Gasteiger partial charge in [-0.05, 0) is 64.3 Å². The fraction of sp³-hybridized carbons (Fsp3) is 0.696. The van der Waals surface area contributed by atoms with Gasteiger partial charge in [-0.3, -0.25) is 4.90 Å². The van der Waals surface area contributed by atoms with Crippen LogP contribution >= 0.6 is 0 Å². The van der Waals surface area contributed by atoms with Gasteiger partial charge in [0.1, 0.15) is 6.10 Å². The predicted molar refractivity (Wildman–Crippen MR) is 109 cm³/mol. The molecule has 1 saturated carbocycles. The van der Waals surface area contributed by atoms with E-state index in [-0.39, 0.29) is 18.1 Å². The molecule has 5 heteroatoms. The minimum atomic E-state index is -1.54. The molecule has 0 unspecified atom stereocenters. The van der Waals surface area contributed by atoms with Gasteiger partial charge in [-0.2, -0.15) is 0 Å². The highest BCUT2D eigenvalue weighted by Gasteiger charge is 2.51. The van der Waals surface area contributed by atoms with Gasteiger partial charge in [0.05, 0.1) is 6.04 Å². The first kappa shape index (κ1) is 19.9. The van der Waals surface area contributed by atoms with E-state index in [4.69, 9.17) is 4.74 Å². The van der Waals surface area contributed by atoms with Crippen LogP contribution in [0.2, 0.25) is 0 Å². The molecule has 3 aliphatic heterocycles. The topological polar surface area (TPSA) is 53.0 Å². The number of likely N-dealkylation sites (N-methyl/N-ethyl adjacent to an activating group) is 1. The van der Waals surface area contributed by atoms with Crippen molar-refractivity contribution >= 4 is 5.97 Å². The lowest BCUT2D eigenvalue weighted by molar-refractivity contribution is -0.194. The molecular weight excluding hydrogens is 352 g/mol. The van der Waals surface area contributed by atoms with E-state index >= 15 is 0 Å². The van der Waals surface area contributed by atoms with Crippen LogP contribution in [0, 0.1) is 11.8 Å². The molecule has 5 rings (SSSR count). The Bertz CT molecular complexity index is 666. The molecule has 1 aromatic carbocycles. The minimum Gasteiger partial charge on any atom is -0.458 e. The van der Waals surface area contributed by atoms with Crippen molar-refractivity contribution in [2.75, 3.05) is 33.7 Å². The van der Waals surface area contributed by atoms with Gasteiger partial charge >= 0.3 is 5.97 Å². The fourth-order valence-corrected chi connectivity index (χ4v) is 5.64. The summed E-state index contributed by atoms with van der Waals surface area (Å²) < 4.78 is 6.21. The third kappa shape index (κ3) is 3.60. The van der Waals surface area contributed by atoms with Gasteiger partial charge in [-0.1, -0.05) is 43.2 Å². The molecule has 0 spiro atoms. The van der Waals surface area contributed by atoms with Crippen LogP contribution in [0.1, 0.15) is 44.1 Å². The van der Waals surface area contributed by atoms with E-state index in [9.17, 15) is 9.90 Å². The lowest BCUT2D eigenvalue weighted by Crippen LogP contribution is -2.62. The van der Waals surface area contributed by atoms with Crippen molar-refractivity contribution in [3.8, 4) is 0 Å². The molecule has 3 atom stereocenters. The molecule has 4 aliphatic rings. The molecule has 1 aromatic rings. The maximum absolute atomic E-state index is 13.5. The number of aliphatic hydroxyl groups is 1. The fourth-order valence-electron chi connectivity index (χ4n) is 5.64. The highest BCUT2D eigenvalue weighted by Crippen LogP contribution is 2.43. The van der Waals surface area contributed by atoms with Gasteiger partial charge in [0.15, 0.2) is 5.60 Å². The van der Waals surface area contributed by atoms with Gasteiger partial charge in [0.25, 0.3) is 0 Å². The summed E-state index contributed by atoms with van der Waals surface area (Å²) in [4.78, 5) is 18.2. The first-order valence-electron chi connectivity index (χ1n) is 10.9. The molecule has 154 valence electrons. The number of nitrogens with zero attached hydrogens (tertiary/aromatic N) is 2. The van der Waals surface area contributed by atoms with Gasteiger partial charge in [0, 0.05) is 12.5 Å². The molecule has 3 heterocycles. The quantitative estimate of drug-likeness (QED) is 0.762. The summed E-state index contributed by atoms with van der Waals surface area (Å²) >= 11 is 0. The molecule has 4 fully saturated rings. The SMILES string of the molecule is CN(C)C[C@@H]1[C@@H](OC(=O)[C@@](O)(c2ccccc2)C2CCCC2)C2CCN1CC2. The Morgan fingerprint density at radius 1 is 1.14 bits per heavy atom. The van der Waals surface area contributed by atoms with E-state index in [1.165, 1.54) is 0 Å². The number of carbonyl (C=O) groups excluding carboxylic acids is 1. The smallest absolute Gasteiger partial charge is 0.343 e. The molecule has 0 amide bonds. The normalized spacial score (nSPS) is 32.4. The first-order chi connectivity index (χ1) is 13.5. The van der Waals surface area contributed by atoms with E-state index in [2.05, 4.69) is 23.9 Å². The Hall–Kier alpha value is -1.43. The number of piperidine rings is 3. The number of benzene rings is 1. The number of fused-ring (bicyclic) bond motifs is 3. The van der Waals surface area contributed by atoms with E-state index in [1.807, 2.05) is 30.3 Å². The maximum Gasteiger partial charge on any atom is 0.343 e. The van der Waals surface area contributed by atoms with Gasteiger partial charge in [-0.25, -0.2) is 4.79 Å². The highest BCUT2D eigenvalue weighted by atomic mass is 16.6. The van der Waals surface area contributed by atoms with Crippen molar-refractivity contribution in [2.24, 2.45) is 11.8 Å². The lowest BCUT2D eigenvalue weighted by Gasteiger charge is -2.51. The summed E-state index contributed by atoms with van der Waals surface area (Å²) in [7, 11) is 4.14. The Labute approximate surface area is 168 Å². The van der Waals surface area contributed by atoms with Crippen molar-refractivity contribution in [1.29, 1.82) is 0 Å². The summed E-state index contributed by atoms with van der Waals surface area (Å²) in [6.07, 6.45) is 5.91. The van der Waals surface area contributed by atoms with Gasteiger partial charge < -0.3 is 14.7 Å². The van der Waals surface area contributed by atoms with Crippen molar-refractivity contribution in [2.45, 2.75) is 56.3 Å². The molecule has 0 radical (unpaired) electrons. The second-order valence-electron chi connectivity index (χ2n) is 9.19. The van der Waals surface area contributed by atoms with E-state index in [0.717, 1.165) is 58.2 Å². The van der Waals surface area contributed by atoms with Crippen molar-refractivity contribution < 1.29 is 14.6 Å². The number of hydrogen-bond acceptors (Lipinski definition) is 5. The zero-order chi connectivity index (χ0) is 19.7. The van der Waals surface area contributed by atoms with Crippen LogP contribution in [0.5, 0.6) is 0 Å². The predicted octanol–water partition coefficient (Wildman–Crippen LogP) is 2.63. The number of hydrogen-bond donors (Lipinski definition) is 1. The molecule has 1 aliphatic carbocycles. The van der Waals surface area contributed by atoms with Crippen molar-refractivity contribution in [1.82, 2.24) is 9.80 Å². The number of ether oxygens (including phenoxy) is 1. The van der Waals surface area contributed by atoms with Gasteiger partial charge in [-0.15, -0.1) is 0 Å². The van der Waals surface area contributed by atoms with Gasteiger partial charge in [0.2, 0.25) is 0 Å². The number of carbonyl (C=O) groups is 1. The van der Waals surface area contributed by atoms with Crippen LogP contribution in [0.4, 0.5) is 0 Å². The molecule has 1 N–H and O–H groups in total. The zero-order valence-electron chi connectivity index (χ0n) is 17.2. The lowest BCUT2D eigenvalue weighted by atomic mass is 9.78. The summed E-state index contributed by atoms with van der Waals surface area (Å²) in [6, 6.07) is 9.66. The largest absolute Gasteiger partial charge is 0.458 e. The first-order valence-corrected chi connectivity index (χ1v) is 10.9. The minimum absolute atomic E-state index is 0.0595. The van der Waals surface area contributed by atoms with Crippen molar-refractivity contribution in [3.05, 3.63) is 35.9 Å². The molecule has 2 bridgehead atoms. The molecular formula is C23H34N2O3. The average molecular weight is 387 g/mol. The molecule has 5 nitrogen and oxygen atoms in total. The monoisotopic (exact) mass is 386 g/mol. The second-order valence-corrected chi connectivity index (χ2v) is 9.19. The molecule has 28 heavy (non-hydrogen) atoms. The Kier molecular flexibility index (Phi) is 5.77.